The number of aromatic hydroxyl groups is 1. The molecule has 0 fully saturated rings. The van der Waals surface area contributed by atoms with Gasteiger partial charge in [0.1, 0.15) is 5.75 Å². The van der Waals surface area contributed by atoms with Crippen LogP contribution in [-0.4, -0.2) is 31.0 Å². The molecule has 1 N–H and O–H groups in total. The zero-order chi connectivity index (χ0) is 29.7. The fraction of sp³-hybridized carbons (Fsp3) is 0.333. The molecule has 0 radical (unpaired) electrons. The molecule has 0 aromatic heterocycles. The van der Waals surface area contributed by atoms with Gasteiger partial charge in [-0.15, -0.1) is 0 Å². The number of hydrogen-bond donors (Lipinski definition) is 1. The van der Waals surface area contributed by atoms with E-state index in [2.05, 4.69) is 71.4 Å². The summed E-state index contributed by atoms with van der Waals surface area (Å²) in [5.74, 6) is 0.182. The number of phenolic OH excluding ortho intramolecular Hbond substituents is 1. The Morgan fingerprint density at radius 3 is 2.02 bits per heavy atom. The van der Waals surface area contributed by atoms with Crippen LogP contribution in [0.15, 0.2) is 95.5 Å². The third-order valence-corrected chi connectivity index (χ3v) is 8.93. The van der Waals surface area contributed by atoms with Crippen LogP contribution in [0, 0.1) is 0 Å². The first-order valence-corrected chi connectivity index (χ1v) is 15.7. The third-order valence-electron chi connectivity index (χ3n) is 7.50. The molecule has 0 heterocycles. The van der Waals surface area contributed by atoms with E-state index in [4.69, 9.17) is 25.8 Å². The van der Waals surface area contributed by atoms with Gasteiger partial charge in [0.15, 0.2) is 0 Å². The van der Waals surface area contributed by atoms with Crippen LogP contribution in [0.2, 0.25) is 5.02 Å². The number of ether oxygens (including phenoxy) is 3. The van der Waals surface area contributed by atoms with Crippen LogP contribution in [0.4, 0.5) is 0 Å². The average molecular weight is 652 g/mol. The Morgan fingerprint density at radius 1 is 0.786 bits per heavy atom. The summed E-state index contributed by atoms with van der Waals surface area (Å²) in [5, 5.41) is 11.5. The SMILES string of the molecule is CCc1ccc(Cc2cc(CCC(CC(COCc3ccccc3)OC)OCc3ccccc3)c(O)c(Br)c2Cl)cc1. The summed E-state index contributed by atoms with van der Waals surface area (Å²) in [7, 11) is 1.71. The minimum atomic E-state index is -0.123. The summed E-state index contributed by atoms with van der Waals surface area (Å²) in [6.45, 7) is 3.66. The van der Waals surface area contributed by atoms with E-state index in [9.17, 15) is 5.11 Å². The van der Waals surface area contributed by atoms with Crippen LogP contribution in [0.5, 0.6) is 5.75 Å². The highest BCUT2D eigenvalue weighted by molar-refractivity contribution is 9.10. The van der Waals surface area contributed by atoms with Crippen molar-refractivity contribution in [1.82, 2.24) is 0 Å². The lowest BCUT2D eigenvalue weighted by Gasteiger charge is -2.24. The molecule has 0 aliphatic carbocycles. The molecule has 0 amide bonds. The molecule has 4 aromatic carbocycles. The van der Waals surface area contributed by atoms with Crippen LogP contribution < -0.4 is 0 Å². The van der Waals surface area contributed by atoms with Gasteiger partial charge in [0.05, 0.1) is 41.5 Å². The van der Waals surface area contributed by atoms with Gasteiger partial charge >= 0.3 is 0 Å². The lowest BCUT2D eigenvalue weighted by molar-refractivity contribution is -0.0467. The lowest BCUT2D eigenvalue weighted by Crippen LogP contribution is -2.27. The largest absolute Gasteiger partial charge is 0.506 e. The Bertz CT molecular complexity index is 1360. The van der Waals surface area contributed by atoms with Gasteiger partial charge in [0.2, 0.25) is 0 Å². The van der Waals surface area contributed by atoms with Crippen molar-refractivity contribution in [2.45, 2.75) is 64.4 Å². The second-order valence-electron chi connectivity index (χ2n) is 10.6. The van der Waals surface area contributed by atoms with E-state index in [1.54, 1.807) is 7.11 Å². The van der Waals surface area contributed by atoms with E-state index in [0.29, 0.717) is 55.0 Å². The van der Waals surface area contributed by atoms with Gasteiger partial charge in [0.25, 0.3) is 0 Å². The van der Waals surface area contributed by atoms with E-state index in [0.717, 1.165) is 28.7 Å². The van der Waals surface area contributed by atoms with Crippen molar-refractivity contribution in [3.05, 3.63) is 134 Å². The van der Waals surface area contributed by atoms with Crippen molar-refractivity contribution in [1.29, 1.82) is 0 Å². The van der Waals surface area contributed by atoms with Gasteiger partial charge in [-0.3, -0.25) is 0 Å². The number of hydrogen-bond acceptors (Lipinski definition) is 4. The zero-order valence-electron chi connectivity index (χ0n) is 24.4. The van der Waals surface area contributed by atoms with Crippen molar-refractivity contribution in [2.24, 2.45) is 0 Å². The molecule has 4 aromatic rings. The molecule has 4 rings (SSSR count). The molecule has 222 valence electrons. The molecular formula is C36H40BrClO4. The molecule has 0 aliphatic rings. The van der Waals surface area contributed by atoms with Crippen LogP contribution >= 0.6 is 27.5 Å². The van der Waals surface area contributed by atoms with Crippen molar-refractivity contribution in [3.63, 3.8) is 0 Å². The Labute approximate surface area is 263 Å². The first-order chi connectivity index (χ1) is 20.5. The number of aryl methyl sites for hydroxylation is 2. The summed E-state index contributed by atoms with van der Waals surface area (Å²) < 4.78 is 18.8. The molecule has 2 atom stereocenters. The Morgan fingerprint density at radius 2 is 1.40 bits per heavy atom. The molecule has 0 saturated carbocycles. The number of halogens is 2. The number of phenols is 1. The summed E-state index contributed by atoms with van der Waals surface area (Å²) >= 11 is 10.2. The van der Waals surface area contributed by atoms with E-state index in [1.807, 2.05) is 42.5 Å². The normalized spacial score (nSPS) is 12.8. The number of rotatable bonds is 16. The van der Waals surface area contributed by atoms with Gasteiger partial charge in [-0.1, -0.05) is 110 Å². The molecule has 4 nitrogen and oxygen atoms in total. The van der Waals surface area contributed by atoms with Gasteiger partial charge in [0, 0.05) is 13.5 Å². The number of benzene rings is 4. The van der Waals surface area contributed by atoms with E-state index >= 15 is 0 Å². The minimum Gasteiger partial charge on any atom is -0.506 e. The molecule has 0 saturated heterocycles. The van der Waals surface area contributed by atoms with Crippen molar-refractivity contribution >= 4 is 27.5 Å². The Kier molecular flexibility index (Phi) is 12.9. The highest BCUT2D eigenvalue weighted by Gasteiger charge is 2.21. The molecule has 0 aliphatic heterocycles. The van der Waals surface area contributed by atoms with Crippen molar-refractivity contribution in [3.8, 4) is 5.75 Å². The lowest BCUT2D eigenvalue weighted by atomic mass is 9.97. The van der Waals surface area contributed by atoms with Crippen LogP contribution in [0.25, 0.3) is 0 Å². The molecule has 2 unspecified atom stereocenters. The standard InChI is InChI=1S/C36H40BrClO4/c1-3-26-14-16-27(17-15-26)20-31-21-30(36(39)34(37)35(31)38)18-19-32(42-24-29-12-8-5-9-13-29)22-33(40-2)25-41-23-28-10-6-4-7-11-28/h4-17,21,32-33,39H,3,18-20,22-25H2,1-2H3. The topological polar surface area (TPSA) is 47.9 Å². The van der Waals surface area contributed by atoms with Crippen molar-refractivity contribution < 1.29 is 19.3 Å². The smallest absolute Gasteiger partial charge is 0.134 e. The quantitative estimate of drug-likeness (QED) is 0.131. The summed E-state index contributed by atoms with van der Waals surface area (Å²) in [6.07, 6.45) is 3.47. The van der Waals surface area contributed by atoms with Crippen molar-refractivity contribution in [2.75, 3.05) is 13.7 Å². The maximum atomic E-state index is 11.0. The van der Waals surface area contributed by atoms with Crippen LogP contribution in [0.3, 0.4) is 0 Å². The van der Waals surface area contributed by atoms with Gasteiger partial charge in [-0.2, -0.15) is 0 Å². The fourth-order valence-corrected chi connectivity index (χ4v) is 5.66. The highest BCUT2D eigenvalue weighted by atomic mass is 79.9. The fourth-order valence-electron chi connectivity index (χ4n) is 4.94. The monoisotopic (exact) mass is 650 g/mol. The van der Waals surface area contributed by atoms with Gasteiger partial charge in [-0.05, 0) is 75.0 Å². The molecule has 0 spiro atoms. The molecular weight excluding hydrogens is 612 g/mol. The van der Waals surface area contributed by atoms with Gasteiger partial charge < -0.3 is 19.3 Å². The third kappa shape index (κ3) is 9.68. The zero-order valence-corrected chi connectivity index (χ0v) is 26.7. The summed E-state index contributed by atoms with van der Waals surface area (Å²) in [5.41, 5.74) is 6.55. The second kappa shape index (κ2) is 16.8. The van der Waals surface area contributed by atoms with E-state index < -0.39 is 0 Å². The molecule has 6 heteroatoms. The molecule has 0 bridgehead atoms. The Hall–Kier alpha value is -2.67. The van der Waals surface area contributed by atoms with Crippen LogP contribution in [-0.2, 0) is 46.7 Å². The second-order valence-corrected chi connectivity index (χ2v) is 11.7. The first-order valence-electron chi connectivity index (χ1n) is 14.5. The number of methoxy groups -OCH3 is 1. The van der Waals surface area contributed by atoms with Gasteiger partial charge in [-0.25, -0.2) is 0 Å². The predicted octanol–water partition coefficient (Wildman–Crippen LogP) is 9.10. The predicted molar refractivity (Wildman–Crippen MR) is 174 cm³/mol. The Balaban J connectivity index is 1.45. The first kappa shape index (κ1) is 32.2. The maximum Gasteiger partial charge on any atom is 0.134 e. The minimum absolute atomic E-state index is 0.102. The maximum absolute atomic E-state index is 11.0. The molecule has 42 heavy (non-hydrogen) atoms. The average Bonchev–Trinajstić information content (AvgIpc) is 3.03. The van der Waals surface area contributed by atoms with E-state index in [-0.39, 0.29) is 18.0 Å². The summed E-state index contributed by atoms with van der Waals surface area (Å²) in [6, 6.07) is 30.9. The summed E-state index contributed by atoms with van der Waals surface area (Å²) in [4.78, 5) is 0. The van der Waals surface area contributed by atoms with E-state index in [1.165, 1.54) is 11.1 Å². The van der Waals surface area contributed by atoms with Crippen LogP contribution in [0.1, 0.15) is 53.1 Å². The highest BCUT2D eigenvalue weighted by Crippen LogP contribution is 2.39.